The van der Waals surface area contributed by atoms with Crippen molar-refractivity contribution in [1.29, 1.82) is 0 Å². The summed E-state index contributed by atoms with van der Waals surface area (Å²) in [7, 11) is 0. The zero-order valence-corrected chi connectivity index (χ0v) is 43.5. The molecule has 0 spiro atoms. The summed E-state index contributed by atoms with van der Waals surface area (Å²) in [4.78, 5) is 143. The number of primary amides is 1. The van der Waals surface area contributed by atoms with Crippen LogP contribution in [0.15, 0.2) is 72.9 Å². The molecule has 6 atom stereocenters. The van der Waals surface area contributed by atoms with Crippen molar-refractivity contribution >= 4 is 64.8 Å². The minimum absolute atomic E-state index is 0.0654. The van der Waals surface area contributed by atoms with Gasteiger partial charge in [0.25, 0.3) is 11.8 Å². The number of ketones is 2. The average molecular weight is 1080 g/mol. The first-order chi connectivity index (χ1) is 36.2. The molecule has 22 nitrogen and oxygen atoms in total. The molecule has 2 heterocycles. The quantitative estimate of drug-likeness (QED) is 0.0345. The first-order valence-electron chi connectivity index (χ1n) is 24.8. The lowest BCUT2D eigenvalue weighted by Crippen LogP contribution is -2.56. The third kappa shape index (κ3) is 18.4. The van der Waals surface area contributed by atoms with Gasteiger partial charge in [0.15, 0.2) is 5.78 Å². The lowest BCUT2D eigenvalue weighted by atomic mass is 9.82. The van der Waals surface area contributed by atoms with Gasteiger partial charge in [0.05, 0.1) is 18.5 Å². The summed E-state index contributed by atoms with van der Waals surface area (Å²) in [5.41, 5.74) is 11.5. The summed E-state index contributed by atoms with van der Waals surface area (Å²) in [5, 5.41) is 29.4. The number of aliphatic hydroxyl groups is 1. The topological polar surface area (TPSA) is 340 Å². The van der Waals surface area contributed by atoms with Gasteiger partial charge in [-0.3, -0.25) is 57.6 Å². The van der Waals surface area contributed by atoms with Crippen LogP contribution < -0.4 is 32.7 Å². The molecular weight excluding hydrogens is 1010 g/mol. The Labute approximate surface area is 443 Å². The number of amides is 8. The highest BCUT2D eigenvalue weighted by atomic mass is 19.1. The molecule has 0 unspecified atom stereocenters. The summed E-state index contributed by atoms with van der Waals surface area (Å²) in [6.45, 7) is 6.01. The van der Waals surface area contributed by atoms with Crippen LogP contribution in [0.4, 0.5) is 8.78 Å². The van der Waals surface area contributed by atoms with Gasteiger partial charge in [-0.2, -0.15) is 0 Å². The number of aliphatic hydroxyl groups excluding tert-OH is 1. The summed E-state index contributed by atoms with van der Waals surface area (Å²) < 4.78 is 31.7. The van der Waals surface area contributed by atoms with Gasteiger partial charge in [0.2, 0.25) is 35.4 Å². The van der Waals surface area contributed by atoms with E-state index in [0.717, 1.165) is 35.9 Å². The van der Waals surface area contributed by atoms with E-state index >= 15 is 4.39 Å². The smallest absolute Gasteiger partial charge is 0.320 e. The molecule has 2 aromatic carbocycles. The van der Waals surface area contributed by atoms with Gasteiger partial charge in [0.1, 0.15) is 48.7 Å². The van der Waals surface area contributed by atoms with E-state index in [-0.39, 0.29) is 62.2 Å². The molecule has 1 aromatic heterocycles. The number of nitrogens with one attached hydrogen (secondary N) is 4. The first-order valence-corrected chi connectivity index (χ1v) is 24.8. The first kappa shape index (κ1) is 61.6. The molecule has 4 rings (SSSR count). The number of carbonyl (C=O) groups excluding carboxylic acids is 10. The van der Waals surface area contributed by atoms with E-state index in [4.69, 9.17) is 16.6 Å². The third-order valence-corrected chi connectivity index (χ3v) is 12.6. The Morgan fingerprint density at radius 1 is 0.805 bits per heavy atom. The molecule has 24 heteroatoms. The van der Waals surface area contributed by atoms with Gasteiger partial charge in [-0.15, -0.1) is 0 Å². The van der Waals surface area contributed by atoms with E-state index in [0.29, 0.717) is 10.6 Å². The largest absolute Gasteiger partial charge is 0.480 e. The molecule has 3 aromatic rings. The van der Waals surface area contributed by atoms with Crippen LogP contribution in [0.1, 0.15) is 96.9 Å². The van der Waals surface area contributed by atoms with Crippen molar-refractivity contribution in [3.63, 3.8) is 0 Å². The Bertz CT molecular complexity index is 2710. The molecule has 77 heavy (non-hydrogen) atoms. The number of nitrogens with zero attached hydrogens (tertiary/aromatic N) is 3. The number of benzene rings is 2. The van der Waals surface area contributed by atoms with Crippen molar-refractivity contribution in [3.05, 3.63) is 95.8 Å². The third-order valence-electron chi connectivity index (χ3n) is 12.6. The molecule has 0 saturated carbocycles. The molecule has 0 saturated heterocycles. The maximum Gasteiger partial charge on any atom is 0.320 e. The van der Waals surface area contributed by atoms with Gasteiger partial charge in [-0.25, -0.2) is 8.78 Å². The van der Waals surface area contributed by atoms with Gasteiger partial charge in [-0.1, -0.05) is 58.0 Å². The number of aromatic nitrogens is 1. The second-order valence-electron chi connectivity index (χ2n) is 19.9. The minimum atomic E-state index is -1.75. The van der Waals surface area contributed by atoms with Crippen molar-refractivity contribution in [3.8, 4) is 11.1 Å². The molecule has 1 aliphatic rings. The van der Waals surface area contributed by atoms with Crippen LogP contribution in [0, 0.1) is 23.0 Å². The van der Waals surface area contributed by atoms with Crippen LogP contribution in [0.5, 0.6) is 0 Å². The number of Topliss-reactive ketones (excluding diaryl/α,β-unsaturated/α-hetero) is 2. The Morgan fingerprint density at radius 2 is 1.45 bits per heavy atom. The van der Waals surface area contributed by atoms with Crippen LogP contribution in [-0.2, 0) is 59.3 Å². The number of carbonyl (C=O) groups is 11. The average Bonchev–Trinajstić information content (AvgIpc) is 3.93. The number of nitrogens with two attached hydrogens (primary N) is 2. The number of aliphatic carboxylic acids is 1. The SMILES string of the molecule is C[C@H](CC(=O)[C@H](C)NC(=O)CN1C(=O)C=CC1=O)C(=O)N[C@@H](CC(N)=O)C(=O)N[C@@H](CCN(C(=O)CO)[C@@H](c1cc(-c2cc(F)ccc2F)cn1Cc1ccccc1)C(C)(C)C)C(=O)NCCCC(=O)CC[C@H](N)C(=O)O. The molecule has 8 amide bonds. The van der Waals surface area contributed by atoms with Gasteiger partial charge in [-0.05, 0) is 61.4 Å². The standard InChI is InChI=1S/C53H67F2N9O13/c1-30(22-42(67)31(2)59-44(69)28-64-45(70)17-18-46(64)71)49(73)61-40(25-43(57)68)51(75)60-39(50(74)58-20-9-12-35(66)14-16-38(56)52(76)77)19-21-63(47(72)29-65)48(53(3,4)5)41-23-33(36-24-34(54)13-15-37(36)55)27-62(41)26-32-10-7-6-8-11-32/h6-8,10-11,13,15,17-18,23-24,27,30-31,38-40,48,65H,9,12,14,16,19-22,25-26,28-29,56H2,1-5H3,(H2,57,68)(H,58,74)(H,59,69)(H,60,75)(H,61,73)(H,76,77)/t30-,31+,38+,39+,40+,48+/m1/s1. The number of carboxylic acids is 1. The summed E-state index contributed by atoms with van der Waals surface area (Å²) >= 11 is 0. The zero-order valence-electron chi connectivity index (χ0n) is 43.5. The molecule has 0 radical (unpaired) electrons. The number of carboxylic acid groups (broad SMARTS) is 1. The van der Waals surface area contributed by atoms with Crippen LogP contribution >= 0.6 is 0 Å². The van der Waals surface area contributed by atoms with Crippen molar-refractivity contribution in [2.75, 3.05) is 26.2 Å². The minimum Gasteiger partial charge on any atom is -0.480 e. The molecule has 0 aliphatic carbocycles. The summed E-state index contributed by atoms with van der Waals surface area (Å²) in [6.07, 6.45) is 1.59. The van der Waals surface area contributed by atoms with Gasteiger partial charge >= 0.3 is 5.97 Å². The summed E-state index contributed by atoms with van der Waals surface area (Å²) in [5.74, 6) is -11.9. The highest BCUT2D eigenvalue weighted by Gasteiger charge is 2.39. The van der Waals surface area contributed by atoms with E-state index in [2.05, 4.69) is 21.3 Å². The lowest BCUT2D eigenvalue weighted by Gasteiger charge is -2.41. The zero-order chi connectivity index (χ0) is 57.3. The van der Waals surface area contributed by atoms with Crippen molar-refractivity contribution in [2.24, 2.45) is 22.8 Å². The monoisotopic (exact) mass is 1080 g/mol. The van der Waals surface area contributed by atoms with Gasteiger partial charge < -0.3 is 52.4 Å². The maximum absolute atomic E-state index is 15.4. The number of rotatable bonds is 30. The Balaban J connectivity index is 1.63. The normalized spacial score (nSPS) is 14.6. The highest BCUT2D eigenvalue weighted by Crippen LogP contribution is 2.41. The van der Waals surface area contributed by atoms with Gasteiger partial charge in [0, 0.05) is 80.0 Å². The van der Waals surface area contributed by atoms with Crippen LogP contribution in [0.2, 0.25) is 0 Å². The van der Waals surface area contributed by atoms with Crippen molar-refractivity contribution < 1.29 is 71.7 Å². The van der Waals surface area contributed by atoms with E-state index < -0.39 is 145 Å². The number of hydrogen-bond donors (Lipinski definition) is 8. The fourth-order valence-corrected chi connectivity index (χ4v) is 8.49. The number of imide groups is 1. The number of hydrogen-bond acceptors (Lipinski definition) is 13. The van der Waals surface area contributed by atoms with Crippen LogP contribution in [0.25, 0.3) is 11.1 Å². The van der Waals surface area contributed by atoms with Crippen LogP contribution in [0.3, 0.4) is 0 Å². The molecular formula is C53H67F2N9O13. The van der Waals surface area contributed by atoms with Crippen molar-refractivity contribution in [1.82, 2.24) is 35.6 Å². The highest BCUT2D eigenvalue weighted by molar-refractivity contribution is 6.14. The second kappa shape index (κ2) is 28.2. The van der Waals surface area contributed by atoms with Crippen LogP contribution in [-0.4, -0.2) is 140 Å². The molecule has 416 valence electrons. The molecule has 0 fully saturated rings. The Morgan fingerprint density at radius 3 is 2.06 bits per heavy atom. The lowest BCUT2D eigenvalue weighted by molar-refractivity contribution is -0.141. The Hall–Kier alpha value is -7.99. The number of halogens is 2. The predicted molar refractivity (Wildman–Crippen MR) is 273 cm³/mol. The second-order valence-corrected chi connectivity index (χ2v) is 19.9. The maximum atomic E-state index is 15.4. The fourth-order valence-electron chi connectivity index (χ4n) is 8.49. The van der Waals surface area contributed by atoms with E-state index in [1.54, 1.807) is 37.6 Å². The summed E-state index contributed by atoms with van der Waals surface area (Å²) in [6, 6.07) is 6.94. The van der Waals surface area contributed by atoms with Crippen molar-refractivity contribution in [2.45, 2.75) is 116 Å². The molecule has 10 N–H and O–H groups in total. The van der Waals surface area contributed by atoms with E-state index in [9.17, 15) is 62.2 Å². The Kier molecular flexibility index (Phi) is 22.6. The molecule has 0 bridgehead atoms. The molecule has 1 aliphatic heterocycles. The predicted octanol–water partition coefficient (Wildman–Crippen LogP) is 1.31. The fraction of sp³-hybridized carbons (Fsp3) is 0.453. The van der Waals surface area contributed by atoms with E-state index in [1.807, 2.05) is 30.3 Å². The van der Waals surface area contributed by atoms with E-state index in [1.165, 1.54) is 18.7 Å².